The second kappa shape index (κ2) is 14.5. The Hall–Kier alpha value is -3.16. The molecule has 0 saturated heterocycles. The third-order valence-corrected chi connectivity index (χ3v) is 9.35. The fraction of sp³-hybridized carbons (Fsp3) is 0.364. The van der Waals surface area contributed by atoms with Crippen molar-refractivity contribution in [3.8, 4) is 0 Å². The number of ether oxygens (including phenoxy) is 2. The molecule has 0 radical (unpaired) electrons. The molecule has 1 aliphatic rings. The number of esters is 1. The molecule has 1 N–H and O–H groups in total. The van der Waals surface area contributed by atoms with Crippen LogP contribution in [0.5, 0.6) is 0 Å². The number of carbonyl (C=O) groups excluding carboxylic acids is 3. The van der Waals surface area contributed by atoms with Crippen LogP contribution in [0.2, 0.25) is 5.02 Å². The third kappa shape index (κ3) is 9.20. The second-order valence-electron chi connectivity index (χ2n) is 11.9. The van der Waals surface area contributed by atoms with E-state index in [1.165, 1.54) is 12.1 Å². The van der Waals surface area contributed by atoms with Crippen LogP contribution in [0, 0.1) is 0 Å². The number of sulfone groups is 1. The van der Waals surface area contributed by atoms with Crippen LogP contribution < -0.4 is 5.32 Å². The molecule has 3 aromatic carbocycles. The van der Waals surface area contributed by atoms with Gasteiger partial charge in [-0.05, 0) is 73.2 Å². The van der Waals surface area contributed by atoms with E-state index in [2.05, 4.69) is 27.9 Å². The molecule has 4 rings (SSSR count). The molecule has 2 amide bonds. The zero-order valence-electron chi connectivity index (χ0n) is 25.6. The van der Waals surface area contributed by atoms with Crippen LogP contribution in [0.3, 0.4) is 0 Å². The topological polar surface area (TPSA) is 119 Å². The molecule has 12 heteroatoms. The predicted octanol–water partition coefficient (Wildman–Crippen LogP) is 6.06. The maximum atomic E-state index is 13.9. The number of amides is 2. The van der Waals surface area contributed by atoms with Crippen molar-refractivity contribution in [2.45, 2.75) is 67.7 Å². The van der Waals surface area contributed by atoms with Crippen molar-refractivity contribution in [2.75, 3.05) is 12.8 Å². The highest BCUT2D eigenvalue weighted by Crippen LogP contribution is 2.33. The van der Waals surface area contributed by atoms with Gasteiger partial charge < -0.3 is 19.7 Å². The van der Waals surface area contributed by atoms with Crippen molar-refractivity contribution < 1.29 is 32.3 Å². The number of carbonyl (C=O) groups is 3. The van der Waals surface area contributed by atoms with Crippen molar-refractivity contribution in [3.05, 3.63) is 99.1 Å². The van der Waals surface area contributed by atoms with Crippen LogP contribution in [-0.4, -0.2) is 55.7 Å². The Bertz CT molecular complexity index is 1690. The molecular formula is C33H36ClIN2O7S. The molecule has 0 bridgehead atoms. The predicted molar refractivity (Wildman–Crippen MR) is 180 cm³/mol. The van der Waals surface area contributed by atoms with Crippen molar-refractivity contribution in [1.82, 2.24) is 10.2 Å². The molecule has 0 aliphatic carbocycles. The average molecular weight is 767 g/mol. The van der Waals surface area contributed by atoms with Crippen LogP contribution in [0.25, 0.3) is 0 Å². The van der Waals surface area contributed by atoms with Gasteiger partial charge in [0.05, 0.1) is 15.5 Å². The number of benzene rings is 3. The van der Waals surface area contributed by atoms with Gasteiger partial charge in [-0.3, -0.25) is 4.79 Å². The van der Waals surface area contributed by atoms with Gasteiger partial charge in [0.2, 0.25) is 0 Å². The Morgan fingerprint density at radius 3 is 2.38 bits per heavy atom. The number of nitrogens with one attached hydrogen (secondary N) is 1. The number of alkyl halides is 1. The molecule has 240 valence electrons. The first-order valence-corrected chi connectivity index (χ1v) is 18.1. The lowest BCUT2D eigenvalue weighted by Crippen LogP contribution is -2.44. The first kappa shape index (κ1) is 34.7. The maximum absolute atomic E-state index is 13.9. The van der Waals surface area contributed by atoms with Gasteiger partial charge in [0.15, 0.2) is 9.84 Å². The largest absolute Gasteiger partial charge is 0.459 e. The van der Waals surface area contributed by atoms with Gasteiger partial charge in [0.25, 0.3) is 5.91 Å². The molecule has 3 aromatic rings. The number of fused-ring (bicyclic) bond motifs is 1. The minimum Gasteiger partial charge on any atom is -0.459 e. The van der Waals surface area contributed by atoms with Crippen molar-refractivity contribution in [3.63, 3.8) is 0 Å². The van der Waals surface area contributed by atoms with Gasteiger partial charge in [-0.1, -0.05) is 76.7 Å². The summed E-state index contributed by atoms with van der Waals surface area (Å²) in [5.41, 5.74) is 3.43. The summed E-state index contributed by atoms with van der Waals surface area (Å²) in [6, 6.07) is 16.0. The molecule has 9 nitrogen and oxygen atoms in total. The van der Waals surface area contributed by atoms with Crippen LogP contribution in [0.1, 0.15) is 58.9 Å². The maximum Gasteiger partial charge on any atom is 0.410 e. The van der Waals surface area contributed by atoms with E-state index in [1.807, 2.05) is 51.1 Å². The summed E-state index contributed by atoms with van der Waals surface area (Å²) in [5.74, 6) is -1.22. The van der Waals surface area contributed by atoms with Gasteiger partial charge in [-0.2, -0.15) is 0 Å². The molecular weight excluding hydrogens is 731 g/mol. The average Bonchev–Trinajstić information content (AvgIpc) is 2.97. The summed E-state index contributed by atoms with van der Waals surface area (Å²) < 4.78 is 35.9. The standard InChI is InChI=1S/C33H36ClIN2O7S/c1-33(2,3)44-32(40)37-14-13-25-23(19-37)17-27(34)29(26(25)18-35)30(38)36-28(31(39)43-20-21-9-6-5-7-10-21)16-22-11-8-12-24(15-22)45(4,41)42/h5-12,15,17,28H,13-14,16,18-20H2,1-4H3,(H,36,38)/t28-/m0/s1. The van der Waals surface area contributed by atoms with E-state index in [0.29, 0.717) is 29.5 Å². The highest BCUT2D eigenvalue weighted by atomic mass is 127. The zero-order chi connectivity index (χ0) is 32.9. The molecule has 45 heavy (non-hydrogen) atoms. The highest BCUT2D eigenvalue weighted by Gasteiger charge is 2.31. The van der Waals surface area contributed by atoms with Crippen molar-refractivity contribution >= 4 is 62.0 Å². The van der Waals surface area contributed by atoms with E-state index >= 15 is 0 Å². The molecule has 0 fully saturated rings. The van der Waals surface area contributed by atoms with Gasteiger partial charge in [0, 0.05) is 30.2 Å². The Morgan fingerprint density at radius 2 is 1.73 bits per heavy atom. The van der Waals surface area contributed by atoms with Gasteiger partial charge in [0.1, 0.15) is 18.2 Å². The Morgan fingerprint density at radius 1 is 1.04 bits per heavy atom. The second-order valence-corrected chi connectivity index (χ2v) is 15.1. The molecule has 1 aliphatic heterocycles. The summed E-state index contributed by atoms with van der Waals surface area (Å²) in [5, 5.41) is 3.01. The summed E-state index contributed by atoms with van der Waals surface area (Å²) in [6.07, 6.45) is 1.19. The molecule has 1 heterocycles. The van der Waals surface area contributed by atoms with E-state index in [1.54, 1.807) is 23.1 Å². The Balaban J connectivity index is 1.61. The first-order chi connectivity index (χ1) is 21.2. The van der Waals surface area contributed by atoms with E-state index in [9.17, 15) is 22.8 Å². The number of halogens is 2. The fourth-order valence-electron chi connectivity index (χ4n) is 5.05. The summed E-state index contributed by atoms with van der Waals surface area (Å²) in [4.78, 5) is 41.7. The Labute approximate surface area is 282 Å². The van der Waals surface area contributed by atoms with Gasteiger partial charge in [-0.25, -0.2) is 18.0 Å². The summed E-state index contributed by atoms with van der Waals surface area (Å²) in [7, 11) is -3.49. The fourth-order valence-corrected chi connectivity index (χ4v) is 6.92. The number of rotatable bonds is 9. The molecule has 0 saturated carbocycles. The molecule has 0 unspecified atom stereocenters. The molecule has 0 spiro atoms. The van der Waals surface area contributed by atoms with Crippen LogP contribution in [0.15, 0.2) is 65.6 Å². The monoisotopic (exact) mass is 766 g/mol. The van der Waals surface area contributed by atoms with E-state index in [0.717, 1.165) is 28.5 Å². The lowest BCUT2D eigenvalue weighted by Gasteiger charge is -2.33. The summed E-state index contributed by atoms with van der Waals surface area (Å²) >= 11 is 8.90. The smallest absolute Gasteiger partial charge is 0.410 e. The number of hydrogen-bond acceptors (Lipinski definition) is 7. The van der Waals surface area contributed by atoms with Gasteiger partial charge >= 0.3 is 12.1 Å². The minimum absolute atomic E-state index is 0.00216. The quantitative estimate of drug-likeness (QED) is 0.160. The Kier molecular flexibility index (Phi) is 11.2. The van der Waals surface area contributed by atoms with E-state index in [4.69, 9.17) is 21.1 Å². The lowest BCUT2D eigenvalue weighted by molar-refractivity contribution is -0.147. The summed E-state index contributed by atoms with van der Waals surface area (Å²) in [6.45, 7) is 6.14. The third-order valence-electron chi connectivity index (χ3n) is 7.18. The lowest BCUT2D eigenvalue weighted by atomic mass is 9.91. The molecule has 0 aromatic heterocycles. The first-order valence-electron chi connectivity index (χ1n) is 14.3. The van der Waals surface area contributed by atoms with Crippen molar-refractivity contribution in [2.24, 2.45) is 0 Å². The zero-order valence-corrected chi connectivity index (χ0v) is 29.3. The SMILES string of the molecule is CC(C)(C)OC(=O)N1CCc2c(cc(Cl)c(C(=O)N[C@@H](Cc3cccc(S(C)(=O)=O)c3)C(=O)OCc3ccccc3)c2CI)C1. The van der Waals surface area contributed by atoms with Crippen molar-refractivity contribution in [1.29, 1.82) is 0 Å². The van der Waals surface area contributed by atoms with Crippen LogP contribution in [-0.2, 0) is 54.5 Å². The van der Waals surface area contributed by atoms with Gasteiger partial charge in [-0.15, -0.1) is 0 Å². The number of hydrogen-bond donors (Lipinski definition) is 1. The van der Waals surface area contributed by atoms with Crippen LogP contribution >= 0.6 is 34.2 Å². The number of nitrogens with zero attached hydrogens (tertiary/aromatic N) is 1. The van der Waals surface area contributed by atoms with Crippen LogP contribution in [0.4, 0.5) is 4.79 Å². The van der Waals surface area contributed by atoms with E-state index in [-0.39, 0.29) is 28.5 Å². The van der Waals surface area contributed by atoms with E-state index < -0.39 is 39.4 Å². The minimum atomic E-state index is -3.49. The molecule has 1 atom stereocenters. The normalized spacial score (nSPS) is 13.9. The highest BCUT2D eigenvalue weighted by molar-refractivity contribution is 14.1.